The van der Waals surface area contributed by atoms with Crippen molar-refractivity contribution in [1.82, 2.24) is 0 Å². The van der Waals surface area contributed by atoms with Crippen molar-refractivity contribution in [2.75, 3.05) is 13.2 Å². The molecule has 1 saturated heterocycles. The van der Waals surface area contributed by atoms with Crippen molar-refractivity contribution in [3.05, 3.63) is 6.79 Å². The van der Waals surface area contributed by atoms with Crippen molar-refractivity contribution in [1.29, 1.82) is 0 Å². The van der Waals surface area contributed by atoms with Crippen molar-refractivity contribution in [3.8, 4) is 0 Å². The van der Waals surface area contributed by atoms with Crippen LogP contribution < -0.4 is 0 Å². The number of ether oxygens (including phenoxy) is 2. The Morgan fingerprint density at radius 2 is 1.57 bits per heavy atom. The summed E-state index contributed by atoms with van der Waals surface area (Å²) in [5.41, 5.74) is 0. The van der Waals surface area contributed by atoms with Gasteiger partial charge in [0, 0.05) is 0 Å². The quantitative estimate of drug-likeness (QED) is 0.448. The lowest BCUT2D eigenvalue weighted by molar-refractivity contribution is 0.0466. The molecule has 0 spiro atoms. The summed E-state index contributed by atoms with van der Waals surface area (Å²) in [4.78, 5) is 0. The van der Waals surface area contributed by atoms with Crippen LogP contribution in [0, 0.1) is 6.79 Å². The molecule has 0 aliphatic carbocycles. The predicted molar refractivity (Wildman–Crippen MR) is 24.4 cm³/mol. The molecule has 0 atom stereocenters. The number of hydrogen-bond donors (Lipinski definition) is 0. The molecule has 40 valence electrons. The molecule has 2 heteroatoms. The molecule has 7 heavy (non-hydrogen) atoms. The minimum absolute atomic E-state index is 0.764. The zero-order chi connectivity index (χ0) is 4.95. The normalized spacial score (nSPS) is 24.0. The topological polar surface area (TPSA) is 18.5 Å². The van der Waals surface area contributed by atoms with Gasteiger partial charge in [0.1, 0.15) is 0 Å². The van der Waals surface area contributed by atoms with E-state index in [1.165, 1.54) is 0 Å². The second-order valence-corrected chi connectivity index (χ2v) is 1.49. The highest BCUT2D eigenvalue weighted by Gasteiger charge is 1.97. The van der Waals surface area contributed by atoms with E-state index < -0.39 is 0 Å². The third kappa shape index (κ3) is 1.90. The Kier molecular flexibility index (Phi) is 2.17. The van der Waals surface area contributed by atoms with Crippen molar-refractivity contribution in [3.63, 3.8) is 0 Å². The maximum Gasteiger partial charge on any atom is 0.292 e. The van der Waals surface area contributed by atoms with Gasteiger partial charge in [-0.3, -0.25) is 0 Å². The van der Waals surface area contributed by atoms with E-state index in [4.69, 9.17) is 9.47 Å². The smallest absolute Gasteiger partial charge is 0.292 e. The van der Waals surface area contributed by atoms with Gasteiger partial charge in [0.15, 0.2) is 0 Å². The molecule has 0 aromatic carbocycles. The molecule has 0 amide bonds. The minimum Gasteiger partial charge on any atom is -0.341 e. The van der Waals surface area contributed by atoms with Crippen LogP contribution in [-0.2, 0) is 9.47 Å². The van der Waals surface area contributed by atoms with E-state index in [0.717, 1.165) is 26.1 Å². The fraction of sp³-hybridized carbons (Fsp3) is 0.800. The highest BCUT2D eigenvalue weighted by Crippen LogP contribution is 1.99. The Morgan fingerprint density at radius 3 is 2.14 bits per heavy atom. The molecular formula is C5H8O2. The van der Waals surface area contributed by atoms with E-state index >= 15 is 0 Å². The summed E-state index contributed by atoms with van der Waals surface area (Å²) in [6.07, 6.45) is 2.18. The van der Waals surface area contributed by atoms with Crippen LogP contribution in [0.1, 0.15) is 12.8 Å². The molecule has 1 aliphatic heterocycles. The first-order valence-corrected chi connectivity index (χ1v) is 2.49. The lowest BCUT2D eigenvalue weighted by atomic mass is 10.3. The number of hydrogen-bond acceptors (Lipinski definition) is 2. The summed E-state index contributed by atoms with van der Waals surface area (Å²) < 4.78 is 9.44. The summed E-state index contributed by atoms with van der Waals surface area (Å²) in [5.74, 6) is 0. The number of rotatable bonds is 0. The highest BCUT2D eigenvalue weighted by atomic mass is 16.7. The highest BCUT2D eigenvalue weighted by molar-refractivity contribution is 4.44. The Hall–Kier alpha value is -0.0800. The maximum atomic E-state index is 4.72. The largest absolute Gasteiger partial charge is 0.341 e. The van der Waals surface area contributed by atoms with Gasteiger partial charge in [-0.2, -0.15) is 0 Å². The van der Waals surface area contributed by atoms with Gasteiger partial charge in [-0.15, -0.1) is 0 Å². The van der Waals surface area contributed by atoms with Crippen molar-refractivity contribution in [2.45, 2.75) is 12.8 Å². The summed E-state index contributed by atoms with van der Waals surface area (Å²) in [7, 11) is 0. The van der Waals surface area contributed by atoms with Gasteiger partial charge in [0.2, 0.25) is 0 Å². The lowest BCUT2D eigenvalue weighted by Gasteiger charge is -1.89. The lowest BCUT2D eigenvalue weighted by Crippen LogP contribution is -1.86. The van der Waals surface area contributed by atoms with E-state index in [1.807, 2.05) is 0 Å². The molecule has 0 aromatic heterocycles. The van der Waals surface area contributed by atoms with Crippen LogP contribution >= 0.6 is 0 Å². The average molecular weight is 100 g/mol. The first-order chi connectivity index (χ1) is 3.50. The van der Waals surface area contributed by atoms with Crippen LogP contribution in [0.15, 0.2) is 0 Å². The molecule has 1 rings (SSSR count). The van der Waals surface area contributed by atoms with Crippen molar-refractivity contribution in [2.24, 2.45) is 0 Å². The van der Waals surface area contributed by atoms with E-state index in [0.29, 0.717) is 0 Å². The van der Waals surface area contributed by atoms with Crippen LogP contribution in [0.4, 0.5) is 0 Å². The third-order valence-electron chi connectivity index (χ3n) is 0.861. The van der Waals surface area contributed by atoms with Gasteiger partial charge in [0.05, 0.1) is 13.2 Å². The van der Waals surface area contributed by atoms with E-state index in [1.54, 1.807) is 0 Å². The second kappa shape index (κ2) is 2.99. The summed E-state index contributed by atoms with van der Waals surface area (Å²) >= 11 is 0. The molecule has 0 unspecified atom stereocenters. The molecule has 0 N–H and O–H groups in total. The van der Waals surface area contributed by atoms with Gasteiger partial charge in [-0.25, -0.2) is 0 Å². The van der Waals surface area contributed by atoms with Gasteiger partial charge in [-0.1, -0.05) is 0 Å². The Labute approximate surface area is 43.4 Å². The van der Waals surface area contributed by atoms with Crippen LogP contribution in [0.3, 0.4) is 0 Å². The SMILES string of the molecule is [C]1OCCCCO1. The standard InChI is InChI=1S/C5H8O2/c1-2-4-7-5-6-3-1/h1-4H2. The predicted octanol–water partition coefficient (Wildman–Crippen LogP) is 0.810. The van der Waals surface area contributed by atoms with Crippen LogP contribution in [0.5, 0.6) is 0 Å². The van der Waals surface area contributed by atoms with E-state index in [9.17, 15) is 0 Å². The van der Waals surface area contributed by atoms with Gasteiger partial charge in [0.25, 0.3) is 6.79 Å². The molecule has 1 fully saturated rings. The van der Waals surface area contributed by atoms with Crippen LogP contribution in [0.2, 0.25) is 0 Å². The molecule has 1 aliphatic rings. The van der Waals surface area contributed by atoms with Crippen LogP contribution in [-0.4, -0.2) is 13.2 Å². The van der Waals surface area contributed by atoms with Gasteiger partial charge in [-0.05, 0) is 12.8 Å². The first kappa shape index (κ1) is 5.06. The Bertz CT molecular complexity index is 25.7. The molecule has 1 heterocycles. The molecule has 0 saturated carbocycles. The summed E-state index contributed by atoms with van der Waals surface area (Å²) in [6, 6.07) is 0. The van der Waals surface area contributed by atoms with Crippen molar-refractivity contribution < 1.29 is 9.47 Å². The molecule has 0 aromatic rings. The molecule has 2 radical (unpaired) electrons. The fourth-order valence-electron chi connectivity index (χ4n) is 0.473. The van der Waals surface area contributed by atoms with Gasteiger partial charge < -0.3 is 9.47 Å². The third-order valence-corrected chi connectivity index (χ3v) is 0.861. The zero-order valence-corrected chi connectivity index (χ0v) is 4.14. The monoisotopic (exact) mass is 100 g/mol. The Balaban J connectivity index is 2.04. The summed E-state index contributed by atoms with van der Waals surface area (Å²) in [6.45, 7) is 3.88. The van der Waals surface area contributed by atoms with Gasteiger partial charge >= 0.3 is 0 Å². The fourth-order valence-corrected chi connectivity index (χ4v) is 0.473. The zero-order valence-electron chi connectivity index (χ0n) is 4.14. The second-order valence-electron chi connectivity index (χ2n) is 1.49. The summed E-state index contributed by atoms with van der Waals surface area (Å²) in [5, 5.41) is 0. The molecular weight excluding hydrogens is 92.1 g/mol. The van der Waals surface area contributed by atoms with E-state index in [-0.39, 0.29) is 0 Å². The molecule has 0 bridgehead atoms. The average Bonchev–Trinajstić information content (AvgIpc) is 1.90. The molecule has 2 nitrogen and oxygen atoms in total. The van der Waals surface area contributed by atoms with Crippen molar-refractivity contribution >= 4 is 0 Å². The first-order valence-electron chi connectivity index (χ1n) is 2.49. The Morgan fingerprint density at radius 1 is 1.00 bits per heavy atom. The minimum atomic E-state index is 0.764. The van der Waals surface area contributed by atoms with E-state index in [2.05, 4.69) is 6.79 Å². The van der Waals surface area contributed by atoms with Crippen LogP contribution in [0.25, 0.3) is 0 Å². The maximum absolute atomic E-state index is 4.72.